The van der Waals surface area contributed by atoms with Gasteiger partial charge in [0.2, 0.25) is 0 Å². The zero-order valence-electron chi connectivity index (χ0n) is 11.6. The molecule has 0 spiro atoms. The summed E-state index contributed by atoms with van der Waals surface area (Å²) in [5.41, 5.74) is 0.779. The monoisotopic (exact) mass is 303 g/mol. The molecule has 0 aromatic heterocycles. The minimum absolute atomic E-state index is 0.0589. The molecule has 0 saturated carbocycles. The highest BCUT2D eigenvalue weighted by Gasteiger charge is 2.22. The number of benzene rings is 1. The first-order valence-electron chi connectivity index (χ1n) is 6.61. The molecule has 1 aromatic rings. The quantitative estimate of drug-likeness (QED) is 0.891. The van der Waals surface area contributed by atoms with Crippen LogP contribution < -0.4 is 14.8 Å². The molecule has 1 aliphatic rings. The molecular formula is C14H19F2NO2S. The Morgan fingerprint density at radius 1 is 1.35 bits per heavy atom. The molecule has 1 heterocycles. The van der Waals surface area contributed by atoms with Gasteiger partial charge in [-0.3, -0.25) is 0 Å². The number of anilines is 1. The van der Waals surface area contributed by atoms with Crippen molar-refractivity contribution in [3.63, 3.8) is 0 Å². The van der Waals surface area contributed by atoms with Gasteiger partial charge in [-0.15, -0.1) is 0 Å². The second-order valence-electron chi connectivity index (χ2n) is 4.71. The van der Waals surface area contributed by atoms with Gasteiger partial charge >= 0.3 is 6.61 Å². The van der Waals surface area contributed by atoms with Crippen LogP contribution in [-0.2, 0) is 0 Å². The van der Waals surface area contributed by atoms with Crippen molar-refractivity contribution in [3.8, 4) is 11.5 Å². The van der Waals surface area contributed by atoms with Gasteiger partial charge in [-0.1, -0.05) is 6.92 Å². The normalized spacial score (nSPS) is 22.6. The minimum Gasteiger partial charge on any atom is -0.493 e. The van der Waals surface area contributed by atoms with Crippen molar-refractivity contribution in [1.82, 2.24) is 0 Å². The van der Waals surface area contributed by atoms with Crippen LogP contribution in [0.3, 0.4) is 0 Å². The molecule has 2 atom stereocenters. The predicted octanol–water partition coefficient (Wildman–Crippen LogP) is 3.99. The van der Waals surface area contributed by atoms with Crippen LogP contribution in [0.2, 0.25) is 0 Å². The molecule has 2 unspecified atom stereocenters. The van der Waals surface area contributed by atoms with E-state index in [1.807, 2.05) is 17.8 Å². The van der Waals surface area contributed by atoms with Crippen LogP contribution in [-0.4, -0.2) is 30.8 Å². The largest absolute Gasteiger partial charge is 0.493 e. The topological polar surface area (TPSA) is 30.5 Å². The van der Waals surface area contributed by atoms with E-state index in [4.69, 9.17) is 4.74 Å². The first kappa shape index (κ1) is 15.2. The maximum atomic E-state index is 12.4. The lowest BCUT2D eigenvalue weighted by Crippen LogP contribution is -2.32. The molecule has 0 radical (unpaired) electrons. The van der Waals surface area contributed by atoms with Crippen LogP contribution in [0.4, 0.5) is 14.5 Å². The number of ether oxygens (including phenoxy) is 2. The molecule has 20 heavy (non-hydrogen) atoms. The van der Waals surface area contributed by atoms with Crippen molar-refractivity contribution < 1.29 is 18.3 Å². The molecule has 1 aliphatic heterocycles. The Bertz CT molecular complexity index is 445. The minimum atomic E-state index is -2.86. The zero-order chi connectivity index (χ0) is 14.5. The zero-order valence-corrected chi connectivity index (χ0v) is 12.4. The fraction of sp³-hybridized carbons (Fsp3) is 0.571. The Balaban J connectivity index is 2.11. The fourth-order valence-electron chi connectivity index (χ4n) is 2.28. The number of thioether (sulfide) groups is 1. The molecule has 0 amide bonds. The molecule has 1 saturated heterocycles. The van der Waals surface area contributed by atoms with E-state index < -0.39 is 6.61 Å². The summed E-state index contributed by atoms with van der Waals surface area (Å²) in [7, 11) is 1.43. The summed E-state index contributed by atoms with van der Waals surface area (Å²) in [5.74, 6) is 1.55. The molecule has 0 bridgehead atoms. The van der Waals surface area contributed by atoms with Crippen molar-refractivity contribution in [2.75, 3.05) is 18.2 Å². The Morgan fingerprint density at radius 2 is 2.15 bits per heavy atom. The highest BCUT2D eigenvalue weighted by molar-refractivity contribution is 8.00. The van der Waals surface area contributed by atoms with E-state index in [1.165, 1.54) is 19.3 Å². The molecular weight excluding hydrogens is 284 g/mol. The van der Waals surface area contributed by atoms with Crippen LogP contribution in [0.1, 0.15) is 19.8 Å². The number of nitrogens with one attached hydrogen (secondary N) is 1. The second-order valence-corrected chi connectivity index (χ2v) is 6.20. The number of methoxy groups -OCH3 is 1. The van der Waals surface area contributed by atoms with Crippen LogP contribution in [0.5, 0.6) is 11.5 Å². The van der Waals surface area contributed by atoms with Crippen molar-refractivity contribution in [3.05, 3.63) is 18.2 Å². The summed E-state index contributed by atoms with van der Waals surface area (Å²) in [6.07, 6.45) is 2.26. The SMILES string of the molecule is COc1ccc(NC2CCCSC2C)cc1OC(F)F. The van der Waals surface area contributed by atoms with Gasteiger partial charge in [0.15, 0.2) is 11.5 Å². The van der Waals surface area contributed by atoms with Gasteiger partial charge in [0.05, 0.1) is 7.11 Å². The van der Waals surface area contributed by atoms with Gasteiger partial charge < -0.3 is 14.8 Å². The van der Waals surface area contributed by atoms with Crippen molar-refractivity contribution >= 4 is 17.4 Å². The first-order valence-corrected chi connectivity index (χ1v) is 7.66. The summed E-state index contributed by atoms with van der Waals surface area (Å²) in [6, 6.07) is 5.38. The maximum Gasteiger partial charge on any atom is 0.387 e. The smallest absolute Gasteiger partial charge is 0.387 e. The van der Waals surface area contributed by atoms with Crippen LogP contribution >= 0.6 is 11.8 Å². The van der Waals surface area contributed by atoms with E-state index >= 15 is 0 Å². The first-order chi connectivity index (χ1) is 9.60. The van der Waals surface area contributed by atoms with E-state index in [2.05, 4.69) is 17.0 Å². The highest BCUT2D eigenvalue weighted by atomic mass is 32.2. The van der Waals surface area contributed by atoms with E-state index in [-0.39, 0.29) is 5.75 Å². The second kappa shape index (κ2) is 7.02. The highest BCUT2D eigenvalue weighted by Crippen LogP contribution is 2.33. The van der Waals surface area contributed by atoms with Crippen LogP contribution in [0, 0.1) is 0 Å². The summed E-state index contributed by atoms with van der Waals surface area (Å²) in [5, 5.41) is 3.90. The van der Waals surface area contributed by atoms with Gasteiger partial charge in [0.25, 0.3) is 0 Å². The Labute approximate surface area is 122 Å². The number of alkyl halides is 2. The lowest BCUT2D eigenvalue weighted by molar-refractivity contribution is -0.0511. The summed E-state index contributed by atoms with van der Waals surface area (Å²) >= 11 is 1.93. The van der Waals surface area contributed by atoms with Crippen molar-refractivity contribution in [1.29, 1.82) is 0 Å². The molecule has 2 rings (SSSR count). The van der Waals surface area contributed by atoms with Gasteiger partial charge in [-0.05, 0) is 30.7 Å². The summed E-state index contributed by atoms with van der Waals surface area (Å²) < 4.78 is 34.3. The number of hydrogen-bond donors (Lipinski definition) is 1. The van der Waals surface area contributed by atoms with E-state index in [0.29, 0.717) is 17.0 Å². The predicted molar refractivity (Wildman–Crippen MR) is 78.2 cm³/mol. The molecule has 1 N–H and O–H groups in total. The summed E-state index contributed by atoms with van der Waals surface area (Å²) in [4.78, 5) is 0. The number of rotatable bonds is 5. The fourth-order valence-corrected chi connectivity index (χ4v) is 3.42. The van der Waals surface area contributed by atoms with Gasteiger partial charge in [-0.2, -0.15) is 20.5 Å². The van der Waals surface area contributed by atoms with Crippen molar-refractivity contribution in [2.24, 2.45) is 0 Å². The van der Waals surface area contributed by atoms with Gasteiger partial charge in [0.1, 0.15) is 0 Å². The third-order valence-corrected chi connectivity index (χ3v) is 4.72. The average molecular weight is 303 g/mol. The maximum absolute atomic E-state index is 12.4. The van der Waals surface area contributed by atoms with Crippen molar-refractivity contribution in [2.45, 2.75) is 37.7 Å². The third-order valence-electron chi connectivity index (χ3n) is 3.34. The molecule has 112 valence electrons. The lowest BCUT2D eigenvalue weighted by Gasteiger charge is -2.30. The Hall–Kier alpha value is -1.17. The molecule has 1 aromatic carbocycles. The standard InChI is InChI=1S/C14H19F2NO2S/c1-9-11(4-3-7-20-9)17-10-5-6-12(18-2)13(8-10)19-14(15)16/h5-6,8-9,11,14,17H,3-4,7H2,1-2H3. The van der Waals surface area contributed by atoms with Crippen LogP contribution in [0.15, 0.2) is 18.2 Å². The third kappa shape index (κ3) is 3.91. The summed E-state index contributed by atoms with van der Waals surface area (Å²) in [6.45, 7) is -0.676. The van der Waals surface area contributed by atoms with Crippen LogP contribution in [0.25, 0.3) is 0 Å². The molecule has 3 nitrogen and oxygen atoms in total. The van der Waals surface area contributed by atoms with E-state index in [9.17, 15) is 8.78 Å². The average Bonchev–Trinajstić information content (AvgIpc) is 2.41. The molecule has 1 fully saturated rings. The van der Waals surface area contributed by atoms with Gasteiger partial charge in [0, 0.05) is 23.0 Å². The Kier molecular flexibility index (Phi) is 5.34. The molecule has 6 heteroatoms. The number of hydrogen-bond acceptors (Lipinski definition) is 4. The van der Waals surface area contributed by atoms with Gasteiger partial charge in [-0.25, -0.2) is 0 Å². The van der Waals surface area contributed by atoms with E-state index in [0.717, 1.165) is 12.1 Å². The number of halogens is 2. The van der Waals surface area contributed by atoms with E-state index in [1.54, 1.807) is 12.1 Å². The molecule has 0 aliphatic carbocycles. The lowest BCUT2D eigenvalue weighted by atomic mass is 10.1. The Morgan fingerprint density at radius 3 is 2.80 bits per heavy atom.